The van der Waals surface area contributed by atoms with E-state index in [1.807, 2.05) is 6.92 Å². The van der Waals surface area contributed by atoms with Crippen molar-refractivity contribution in [2.45, 2.75) is 19.9 Å². The minimum atomic E-state index is -1.10. The number of carboxylic acids is 1. The zero-order chi connectivity index (χ0) is 23.4. The molecule has 0 atom stereocenters. The van der Waals surface area contributed by atoms with Crippen molar-refractivity contribution in [2.75, 3.05) is 12.4 Å². The molecule has 168 valence electrons. The molecule has 2 N–H and O–H groups in total. The quantitative estimate of drug-likeness (QED) is 0.418. The molecule has 4 rings (SSSR count). The molecular weight excluding hydrogens is 424 g/mol. The Balaban J connectivity index is 1.49. The number of rotatable bonds is 8. The van der Waals surface area contributed by atoms with Crippen molar-refractivity contribution in [3.05, 3.63) is 72.2 Å². The van der Waals surface area contributed by atoms with E-state index in [0.29, 0.717) is 28.1 Å². The van der Waals surface area contributed by atoms with Gasteiger partial charge in [0, 0.05) is 30.4 Å². The maximum atomic E-state index is 12.3. The average molecular weight is 446 g/mol. The maximum Gasteiger partial charge on any atom is 0.339 e. The van der Waals surface area contributed by atoms with Gasteiger partial charge >= 0.3 is 5.97 Å². The minimum Gasteiger partial charge on any atom is -0.496 e. The molecular formula is C24H22N4O5. The monoisotopic (exact) mass is 446 g/mol. The highest BCUT2D eigenvalue weighted by molar-refractivity contribution is 5.98. The first-order chi connectivity index (χ1) is 16.0. The van der Waals surface area contributed by atoms with Gasteiger partial charge in [0.15, 0.2) is 0 Å². The van der Waals surface area contributed by atoms with Crippen LogP contribution in [0.5, 0.6) is 17.2 Å². The Morgan fingerprint density at radius 2 is 1.91 bits per heavy atom. The molecule has 1 amide bonds. The highest BCUT2D eigenvalue weighted by Crippen LogP contribution is 2.33. The van der Waals surface area contributed by atoms with E-state index in [2.05, 4.69) is 15.4 Å². The molecule has 0 spiro atoms. The molecule has 9 heteroatoms. The Morgan fingerprint density at radius 1 is 1.12 bits per heavy atom. The number of pyridine rings is 1. The largest absolute Gasteiger partial charge is 0.496 e. The van der Waals surface area contributed by atoms with Gasteiger partial charge in [-0.2, -0.15) is 5.10 Å². The van der Waals surface area contributed by atoms with Gasteiger partial charge in [0.2, 0.25) is 5.91 Å². The van der Waals surface area contributed by atoms with Gasteiger partial charge in [0.05, 0.1) is 30.9 Å². The van der Waals surface area contributed by atoms with Crippen LogP contribution in [0.4, 0.5) is 5.69 Å². The number of anilines is 1. The molecule has 33 heavy (non-hydrogen) atoms. The van der Waals surface area contributed by atoms with Gasteiger partial charge in [0.25, 0.3) is 0 Å². The fourth-order valence-electron chi connectivity index (χ4n) is 3.37. The minimum absolute atomic E-state index is 0.0219. The van der Waals surface area contributed by atoms with Crippen LogP contribution in [0.25, 0.3) is 10.9 Å². The van der Waals surface area contributed by atoms with E-state index in [1.165, 1.54) is 13.2 Å². The van der Waals surface area contributed by atoms with Crippen LogP contribution in [0.2, 0.25) is 0 Å². The van der Waals surface area contributed by atoms with Crippen LogP contribution in [-0.4, -0.2) is 38.9 Å². The molecule has 0 saturated heterocycles. The number of aryl methyl sites for hydroxylation is 1. The number of carboxylic acid groups (broad SMARTS) is 1. The summed E-state index contributed by atoms with van der Waals surface area (Å²) >= 11 is 0. The van der Waals surface area contributed by atoms with Crippen molar-refractivity contribution in [1.82, 2.24) is 14.8 Å². The predicted molar refractivity (Wildman–Crippen MR) is 122 cm³/mol. The summed E-state index contributed by atoms with van der Waals surface area (Å²) < 4.78 is 12.9. The topological polar surface area (TPSA) is 116 Å². The number of carbonyl (C=O) groups is 2. The molecule has 0 radical (unpaired) electrons. The van der Waals surface area contributed by atoms with E-state index < -0.39 is 5.97 Å². The molecule has 0 saturated carbocycles. The molecule has 2 heterocycles. The summed E-state index contributed by atoms with van der Waals surface area (Å²) in [4.78, 5) is 28.1. The van der Waals surface area contributed by atoms with Crippen LogP contribution in [0.15, 0.2) is 61.1 Å². The zero-order valence-corrected chi connectivity index (χ0v) is 18.1. The molecule has 0 aliphatic rings. The van der Waals surface area contributed by atoms with Crippen LogP contribution in [0, 0.1) is 0 Å². The van der Waals surface area contributed by atoms with Crippen molar-refractivity contribution in [2.24, 2.45) is 0 Å². The number of amides is 1. The number of hydrogen-bond acceptors (Lipinski definition) is 6. The van der Waals surface area contributed by atoms with Gasteiger partial charge in [-0.05, 0) is 36.8 Å². The average Bonchev–Trinajstić information content (AvgIpc) is 3.27. The lowest BCUT2D eigenvalue weighted by Crippen LogP contribution is -2.13. The first-order valence-corrected chi connectivity index (χ1v) is 10.3. The van der Waals surface area contributed by atoms with Gasteiger partial charge < -0.3 is 19.9 Å². The molecule has 0 bridgehead atoms. The van der Waals surface area contributed by atoms with Gasteiger partial charge in [-0.1, -0.05) is 12.1 Å². The van der Waals surface area contributed by atoms with Crippen LogP contribution < -0.4 is 14.8 Å². The first-order valence-electron chi connectivity index (χ1n) is 10.3. The van der Waals surface area contributed by atoms with Gasteiger partial charge in [-0.15, -0.1) is 0 Å². The number of aromatic carboxylic acids is 1. The maximum absolute atomic E-state index is 12.3. The fraction of sp³-hybridized carbons (Fsp3) is 0.167. The summed E-state index contributed by atoms with van der Waals surface area (Å²) in [6, 6.07) is 11.8. The summed E-state index contributed by atoms with van der Waals surface area (Å²) in [5.74, 6) is -0.0145. The lowest BCUT2D eigenvalue weighted by molar-refractivity contribution is -0.115. The van der Waals surface area contributed by atoms with Crippen molar-refractivity contribution >= 4 is 28.5 Å². The van der Waals surface area contributed by atoms with Gasteiger partial charge in [-0.3, -0.25) is 14.5 Å². The number of fused-ring (bicyclic) bond motifs is 1. The van der Waals surface area contributed by atoms with Crippen molar-refractivity contribution in [3.63, 3.8) is 0 Å². The fourth-order valence-corrected chi connectivity index (χ4v) is 3.37. The van der Waals surface area contributed by atoms with E-state index in [4.69, 9.17) is 9.47 Å². The predicted octanol–water partition coefficient (Wildman–Crippen LogP) is 4.13. The van der Waals surface area contributed by atoms with Crippen molar-refractivity contribution < 1.29 is 24.2 Å². The molecule has 2 aromatic heterocycles. The van der Waals surface area contributed by atoms with Crippen molar-refractivity contribution in [3.8, 4) is 17.2 Å². The number of aromatic nitrogens is 3. The van der Waals surface area contributed by atoms with E-state index >= 15 is 0 Å². The van der Waals surface area contributed by atoms with E-state index in [-0.39, 0.29) is 23.6 Å². The first kappa shape index (κ1) is 21.8. The Bertz CT molecular complexity index is 1310. The third-order valence-electron chi connectivity index (χ3n) is 5.01. The SMILES string of the molecule is CCn1cc(NC(=O)Cc2ccc(Oc3ccnc4cc(OC)c(C(=O)O)cc34)cc2)cn1. The number of nitrogens with one attached hydrogen (secondary N) is 1. The second kappa shape index (κ2) is 9.39. The van der Waals surface area contributed by atoms with Crippen LogP contribution in [0.1, 0.15) is 22.8 Å². The lowest BCUT2D eigenvalue weighted by atomic mass is 10.1. The summed E-state index contributed by atoms with van der Waals surface area (Å²) in [7, 11) is 1.41. The molecule has 4 aromatic rings. The number of hydrogen-bond donors (Lipinski definition) is 2. The van der Waals surface area contributed by atoms with Crippen molar-refractivity contribution in [1.29, 1.82) is 0 Å². The third-order valence-corrected chi connectivity index (χ3v) is 5.01. The van der Waals surface area contributed by atoms with E-state index in [9.17, 15) is 14.7 Å². The smallest absolute Gasteiger partial charge is 0.339 e. The lowest BCUT2D eigenvalue weighted by Gasteiger charge is -2.12. The van der Waals surface area contributed by atoms with E-state index in [0.717, 1.165) is 12.1 Å². The van der Waals surface area contributed by atoms with Gasteiger partial charge in [-0.25, -0.2) is 4.79 Å². The standard InChI is InChI=1S/C24H22N4O5/c1-3-28-14-16(13-26-28)27-23(29)10-15-4-6-17(7-5-15)33-21-8-9-25-20-12-22(32-2)19(24(30)31)11-18(20)21/h4-9,11-14H,3,10H2,1-2H3,(H,27,29)(H,30,31). The highest BCUT2D eigenvalue weighted by Gasteiger charge is 2.15. The summed E-state index contributed by atoms with van der Waals surface area (Å²) in [5, 5.41) is 17.0. The Hall–Kier alpha value is -4.40. The molecule has 0 unspecified atom stereocenters. The number of methoxy groups -OCH3 is 1. The normalized spacial score (nSPS) is 10.7. The second-order valence-electron chi connectivity index (χ2n) is 7.24. The van der Waals surface area contributed by atoms with Crippen LogP contribution in [0.3, 0.4) is 0 Å². The number of carbonyl (C=O) groups excluding carboxylic acids is 1. The molecule has 2 aromatic carbocycles. The Morgan fingerprint density at radius 3 is 2.58 bits per heavy atom. The van der Waals surface area contributed by atoms with E-state index in [1.54, 1.807) is 59.7 Å². The third kappa shape index (κ3) is 4.93. The molecule has 0 aliphatic heterocycles. The number of ether oxygens (including phenoxy) is 2. The van der Waals surface area contributed by atoms with Gasteiger partial charge in [0.1, 0.15) is 22.8 Å². The summed E-state index contributed by atoms with van der Waals surface area (Å²) in [6.07, 6.45) is 5.18. The highest BCUT2D eigenvalue weighted by atomic mass is 16.5. The zero-order valence-electron chi connectivity index (χ0n) is 18.1. The second-order valence-corrected chi connectivity index (χ2v) is 7.24. The Kier molecular flexibility index (Phi) is 6.21. The Labute approximate surface area is 189 Å². The molecule has 0 fully saturated rings. The van der Waals surface area contributed by atoms with Crippen LogP contribution in [-0.2, 0) is 17.8 Å². The summed E-state index contributed by atoms with van der Waals surface area (Å²) in [6.45, 7) is 2.70. The van der Waals surface area contributed by atoms with Crippen LogP contribution >= 0.6 is 0 Å². The number of nitrogens with zero attached hydrogens (tertiary/aromatic N) is 3. The summed E-state index contributed by atoms with van der Waals surface area (Å²) in [5.41, 5.74) is 2.05. The number of benzene rings is 2. The molecule has 9 nitrogen and oxygen atoms in total. The molecule has 0 aliphatic carbocycles.